The molecule has 2 N–H and O–H groups in total. The zero-order valence-electron chi connectivity index (χ0n) is 13.3. The molecule has 0 saturated heterocycles. The van der Waals surface area contributed by atoms with Crippen molar-refractivity contribution in [2.75, 3.05) is 0 Å². The van der Waals surface area contributed by atoms with Crippen molar-refractivity contribution in [1.29, 1.82) is 0 Å². The molecule has 21 heavy (non-hydrogen) atoms. The van der Waals surface area contributed by atoms with E-state index in [1.807, 2.05) is 0 Å². The van der Waals surface area contributed by atoms with Gasteiger partial charge in [-0.3, -0.25) is 0 Å². The molecule has 0 amide bonds. The first-order chi connectivity index (χ1) is 9.88. The standard InChI is InChI=1S/C19H28O2/c1-17-10-4-3-5-13(17)6-7-14-15(17)8-11-18(2)16(14)9-12-19(18,20)21/h4,6,10,14-16,20-21H,3,5,7-9,11-12H2,1-2H3/t14-,15-,16+,17+,18+/m1/s1. The Kier molecular flexibility index (Phi) is 2.83. The number of hydrogen-bond acceptors (Lipinski definition) is 2. The van der Waals surface area contributed by atoms with Crippen LogP contribution >= 0.6 is 0 Å². The molecule has 0 aromatic rings. The van der Waals surface area contributed by atoms with E-state index in [2.05, 4.69) is 32.1 Å². The van der Waals surface area contributed by atoms with E-state index < -0.39 is 5.79 Å². The normalized spacial score (nSPS) is 50.9. The molecule has 0 bridgehead atoms. The van der Waals surface area contributed by atoms with Crippen LogP contribution in [0.1, 0.15) is 58.8 Å². The van der Waals surface area contributed by atoms with E-state index in [1.54, 1.807) is 5.57 Å². The molecular formula is C19H28O2. The summed E-state index contributed by atoms with van der Waals surface area (Å²) < 4.78 is 0. The van der Waals surface area contributed by atoms with Crippen LogP contribution in [0.4, 0.5) is 0 Å². The van der Waals surface area contributed by atoms with Gasteiger partial charge in [-0.1, -0.05) is 37.6 Å². The molecule has 4 aliphatic rings. The molecular weight excluding hydrogens is 260 g/mol. The number of fused-ring (bicyclic) bond motifs is 5. The number of hydrogen-bond donors (Lipinski definition) is 2. The molecule has 0 radical (unpaired) electrons. The summed E-state index contributed by atoms with van der Waals surface area (Å²) in [5.41, 5.74) is 1.58. The largest absolute Gasteiger partial charge is 0.365 e. The Morgan fingerprint density at radius 3 is 2.67 bits per heavy atom. The quantitative estimate of drug-likeness (QED) is 0.526. The first-order valence-electron chi connectivity index (χ1n) is 8.70. The highest BCUT2D eigenvalue weighted by atomic mass is 16.5. The second-order valence-corrected chi connectivity index (χ2v) is 8.38. The summed E-state index contributed by atoms with van der Waals surface area (Å²) in [6.07, 6.45) is 14.5. The highest BCUT2D eigenvalue weighted by molar-refractivity contribution is 5.31. The van der Waals surface area contributed by atoms with Gasteiger partial charge in [0.15, 0.2) is 5.79 Å². The van der Waals surface area contributed by atoms with Crippen molar-refractivity contribution in [3.8, 4) is 0 Å². The summed E-state index contributed by atoms with van der Waals surface area (Å²) in [7, 11) is 0. The van der Waals surface area contributed by atoms with Gasteiger partial charge in [0, 0.05) is 17.3 Å². The lowest BCUT2D eigenvalue weighted by Crippen LogP contribution is -2.53. The topological polar surface area (TPSA) is 40.5 Å². The van der Waals surface area contributed by atoms with Crippen molar-refractivity contribution in [3.05, 3.63) is 23.8 Å². The van der Waals surface area contributed by atoms with E-state index in [0.29, 0.717) is 24.2 Å². The van der Waals surface area contributed by atoms with Gasteiger partial charge in [-0.15, -0.1) is 0 Å². The second kappa shape index (κ2) is 4.23. The molecule has 0 heterocycles. The van der Waals surface area contributed by atoms with Gasteiger partial charge in [-0.05, 0) is 56.3 Å². The van der Waals surface area contributed by atoms with Crippen LogP contribution in [0.5, 0.6) is 0 Å². The van der Waals surface area contributed by atoms with E-state index in [4.69, 9.17) is 0 Å². The second-order valence-electron chi connectivity index (χ2n) is 8.38. The van der Waals surface area contributed by atoms with Crippen molar-refractivity contribution in [2.24, 2.45) is 28.6 Å². The van der Waals surface area contributed by atoms with Gasteiger partial charge in [-0.25, -0.2) is 0 Å². The maximum absolute atomic E-state index is 10.5. The molecule has 4 rings (SSSR count). The highest BCUT2D eigenvalue weighted by Crippen LogP contribution is 2.65. The van der Waals surface area contributed by atoms with Crippen LogP contribution in [-0.2, 0) is 0 Å². The Morgan fingerprint density at radius 1 is 1.10 bits per heavy atom. The molecule has 2 saturated carbocycles. The van der Waals surface area contributed by atoms with Gasteiger partial charge in [-0.2, -0.15) is 0 Å². The first kappa shape index (κ1) is 14.0. The Labute approximate surface area is 127 Å². The molecule has 0 aliphatic heterocycles. The van der Waals surface area contributed by atoms with Gasteiger partial charge in [0.2, 0.25) is 0 Å². The van der Waals surface area contributed by atoms with E-state index in [-0.39, 0.29) is 10.8 Å². The molecule has 0 aromatic carbocycles. The van der Waals surface area contributed by atoms with Crippen molar-refractivity contribution in [3.63, 3.8) is 0 Å². The summed E-state index contributed by atoms with van der Waals surface area (Å²) in [6.45, 7) is 4.55. The number of aliphatic hydroxyl groups is 2. The maximum Gasteiger partial charge on any atom is 0.168 e. The van der Waals surface area contributed by atoms with E-state index in [0.717, 1.165) is 25.7 Å². The number of allylic oxidation sites excluding steroid dienone is 4. The predicted molar refractivity (Wildman–Crippen MR) is 83.4 cm³/mol. The van der Waals surface area contributed by atoms with Crippen LogP contribution in [0.3, 0.4) is 0 Å². The highest BCUT2D eigenvalue weighted by Gasteiger charge is 2.62. The van der Waals surface area contributed by atoms with E-state index >= 15 is 0 Å². The Bertz CT molecular complexity index is 518. The zero-order chi connectivity index (χ0) is 14.9. The first-order valence-corrected chi connectivity index (χ1v) is 8.70. The van der Waals surface area contributed by atoms with Crippen LogP contribution < -0.4 is 0 Å². The average Bonchev–Trinajstić information content (AvgIpc) is 2.69. The lowest BCUT2D eigenvalue weighted by atomic mass is 9.49. The number of rotatable bonds is 0. The fourth-order valence-corrected chi connectivity index (χ4v) is 6.26. The van der Waals surface area contributed by atoms with E-state index in [1.165, 1.54) is 12.8 Å². The SMILES string of the molecule is C[C@]12C=CCCC1=CC[C@@H]1[C@H]2CC[C@@]2(C)[C@H]1CCC2(O)O. The van der Waals surface area contributed by atoms with Crippen LogP contribution in [0.15, 0.2) is 23.8 Å². The Morgan fingerprint density at radius 2 is 1.86 bits per heavy atom. The molecule has 0 aromatic heterocycles. The van der Waals surface area contributed by atoms with E-state index in [9.17, 15) is 10.2 Å². The zero-order valence-corrected chi connectivity index (χ0v) is 13.3. The molecule has 0 spiro atoms. The van der Waals surface area contributed by atoms with Crippen LogP contribution in [-0.4, -0.2) is 16.0 Å². The lowest BCUT2D eigenvalue weighted by Gasteiger charge is -2.56. The summed E-state index contributed by atoms with van der Waals surface area (Å²) >= 11 is 0. The fraction of sp³-hybridized carbons (Fsp3) is 0.789. The lowest BCUT2D eigenvalue weighted by molar-refractivity contribution is -0.245. The van der Waals surface area contributed by atoms with Crippen molar-refractivity contribution >= 4 is 0 Å². The monoisotopic (exact) mass is 288 g/mol. The van der Waals surface area contributed by atoms with Crippen molar-refractivity contribution in [2.45, 2.75) is 64.6 Å². The third kappa shape index (κ3) is 1.66. The third-order valence-electron chi connectivity index (χ3n) is 7.69. The van der Waals surface area contributed by atoms with Gasteiger partial charge < -0.3 is 10.2 Å². The molecule has 2 nitrogen and oxygen atoms in total. The molecule has 4 aliphatic carbocycles. The molecule has 116 valence electrons. The Hall–Kier alpha value is -0.600. The van der Waals surface area contributed by atoms with Gasteiger partial charge >= 0.3 is 0 Å². The van der Waals surface area contributed by atoms with Crippen LogP contribution in [0.2, 0.25) is 0 Å². The Balaban J connectivity index is 1.73. The minimum atomic E-state index is -1.45. The van der Waals surface area contributed by atoms with Crippen molar-refractivity contribution in [1.82, 2.24) is 0 Å². The summed E-state index contributed by atoms with van der Waals surface area (Å²) in [5, 5.41) is 20.9. The van der Waals surface area contributed by atoms with Gasteiger partial charge in [0.05, 0.1) is 0 Å². The average molecular weight is 288 g/mol. The fourth-order valence-electron chi connectivity index (χ4n) is 6.26. The van der Waals surface area contributed by atoms with Crippen LogP contribution in [0.25, 0.3) is 0 Å². The summed E-state index contributed by atoms with van der Waals surface area (Å²) in [4.78, 5) is 0. The molecule has 5 atom stereocenters. The minimum absolute atomic E-state index is 0.235. The van der Waals surface area contributed by atoms with Gasteiger partial charge in [0.25, 0.3) is 0 Å². The smallest absolute Gasteiger partial charge is 0.168 e. The van der Waals surface area contributed by atoms with Crippen LogP contribution in [0, 0.1) is 28.6 Å². The molecule has 0 unspecified atom stereocenters. The summed E-state index contributed by atoms with van der Waals surface area (Å²) in [6, 6.07) is 0. The molecule has 2 heteroatoms. The summed E-state index contributed by atoms with van der Waals surface area (Å²) in [5.74, 6) is 0.342. The maximum atomic E-state index is 10.5. The minimum Gasteiger partial charge on any atom is -0.365 e. The third-order valence-corrected chi connectivity index (χ3v) is 7.69. The van der Waals surface area contributed by atoms with Crippen molar-refractivity contribution < 1.29 is 10.2 Å². The predicted octanol–water partition coefficient (Wildman–Crippen LogP) is 3.80. The van der Waals surface area contributed by atoms with Gasteiger partial charge in [0.1, 0.15) is 0 Å². The molecule has 2 fully saturated rings.